The van der Waals surface area contributed by atoms with Crippen LogP contribution in [0.3, 0.4) is 0 Å². The minimum atomic E-state index is -0.255. The molecule has 0 saturated heterocycles. The fourth-order valence-corrected chi connectivity index (χ4v) is 1.78. The van der Waals surface area contributed by atoms with Crippen LogP contribution < -0.4 is 11.1 Å². The topological polar surface area (TPSA) is 50.9 Å². The third-order valence-corrected chi connectivity index (χ3v) is 2.81. The molecule has 0 spiro atoms. The highest BCUT2D eigenvalue weighted by atomic mass is 35.5. The first-order valence-electron chi connectivity index (χ1n) is 5.49. The molecular weight excluding hydrogens is 253 g/mol. The van der Waals surface area contributed by atoms with Crippen molar-refractivity contribution in [3.05, 3.63) is 52.9 Å². The van der Waals surface area contributed by atoms with Crippen molar-refractivity contribution in [1.29, 1.82) is 0 Å². The summed E-state index contributed by atoms with van der Waals surface area (Å²) in [5.74, 6) is 0.311. The second-order valence-corrected chi connectivity index (χ2v) is 4.45. The van der Waals surface area contributed by atoms with Crippen LogP contribution in [0.1, 0.15) is 18.5 Å². The van der Waals surface area contributed by atoms with E-state index in [1.165, 1.54) is 18.3 Å². The van der Waals surface area contributed by atoms with E-state index in [0.29, 0.717) is 16.5 Å². The van der Waals surface area contributed by atoms with Crippen LogP contribution in [0.4, 0.5) is 15.9 Å². The third-order valence-electron chi connectivity index (χ3n) is 2.61. The van der Waals surface area contributed by atoms with Crippen molar-refractivity contribution in [3.8, 4) is 0 Å². The summed E-state index contributed by atoms with van der Waals surface area (Å²) in [6.07, 6.45) is 1.53. The van der Waals surface area contributed by atoms with E-state index in [4.69, 9.17) is 17.3 Å². The Morgan fingerprint density at radius 2 is 2.00 bits per heavy atom. The summed E-state index contributed by atoms with van der Waals surface area (Å²) >= 11 is 5.78. The number of aromatic nitrogens is 1. The summed E-state index contributed by atoms with van der Waals surface area (Å²) in [6, 6.07) is 7.90. The number of rotatable bonds is 3. The van der Waals surface area contributed by atoms with E-state index in [9.17, 15) is 4.39 Å². The van der Waals surface area contributed by atoms with Crippen LogP contribution >= 0.6 is 11.6 Å². The number of nitrogens with zero attached hydrogens (tertiary/aromatic N) is 1. The summed E-state index contributed by atoms with van der Waals surface area (Å²) in [6.45, 7) is 1.95. The van der Waals surface area contributed by atoms with E-state index in [-0.39, 0.29) is 11.9 Å². The van der Waals surface area contributed by atoms with Crippen molar-refractivity contribution in [2.24, 2.45) is 0 Å². The van der Waals surface area contributed by atoms with Gasteiger partial charge >= 0.3 is 0 Å². The van der Waals surface area contributed by atoms with Crippen molar-refractivity contribution in [3.63, 3.8) is 0 Å². The van der Waals surface area contributed by atoms with E-state index in [2.05, 4.69) is 10.3 Å². The number of halogens is 2. The van der Waals surface area contributed by atoms with Gasteiger partial charge in [-0.15, -0.1) is 0 Å². The molecule has 3 nitrogen and oxygen atoms in total. The number of nitrogens with two attached hydrogens (primary N) is 1. The van der Waals surface area contributed by atoms with Gasteiger partial charge in [0.2, 0.25) is 0 Å². The lowest BCUT2D eigenvalue weighted by molar-refractivity contribution is 0.626. The van der Waals surface area contributed by atoms with Crippen LogP contribution in [-0.4, -0.2) is 4.98 Å². The molecule has 0 radical (unpaired) electrons. The predicted octanol–water partition coefficient (Wildman–Crippen LogP) is 3.63. The zero-order valence-electron chi connectivity index (χ0n) is 9.82. The van der Waals surface area contributed by atoms with E-state index >= 15 is 0 Å². The maximum absolute atomic E-state index is 12.8. The van der Waals surface area contributed by atoms with Gasteiger partial charge in [-0.2, -0.15) is 0 Å². The molecular formula is C13H13ClFN3. The second kappa shape index (κ2) is 5.23. The van der Waals surface area contributed by atoms with Crippen LogP contribution in [0.15, 0.2) is 36.5 Å². The molecule has 1 atom stereocenters. The Labute approximate surface area is 110 Å². The Morgan fingerprint density at radius 1 is 1.33 bits per heavy atom. The highest BCUT2D eigenvalue weighted by Gasteiger charge is 2.08. The Hall–Kier alpha value is -1.81. The summed E-state index contributed by atoms with van der Waals surface area (Å²) in [5, 5.41) is 3.65. The van der Waals surface area contributed by atoms with Gasteiger partial charge in [-0.25, -0.2) is 9.37 Å². The van der Waals surface area contributed by atoms with Crippen LogP contribution in [0, 0.1) is 5.82 Å². The monoisotopic (exact) mass is 265 g/mol. The van der Waals surface area contributed by atoms with Crippen molar-refractivity contribution in [1.82, 2.24) is 4.98 Å². The lowest BCUT2D eigenvalue weighted by atomic mass is 10.1. The van der Waals surface area contributed by atoms with E-state index in [1.807, 2.05) is 6.92 Å². The van der Waals surface area contributed by atoms with Crippen molar-refractivity contribution < 1.29 is 4.39 Å². The molecule has 3 N–H and O–H groups in total. The molecule has 1 aromatic heterocycles. The summed E-state index contributed by atoms with van der Waals surface area (Å²) in [4.78, 5) is 4.12. The first kappa shape index (κ1) is 12.6. The SMILES string of the molecule is CC(Nc1ncc(Cl)cc1N)c1ccc(F)cc1. The molecule has 0 fully saturated rings. The zero-order chi connectivity index (χ0) is 13.1. The molecule has 2 rings (SSSR count). The molecule has 0 aliphatic carbocycles. The first-order chi connectivity index (χ1) is 8.56. The number of nitrogens with one attached hydrogen (secondary N) is 1. The van der Waals surface area contributed by atoms with Gasteiger partial charge in [0.15, 0.2) is 0 Å². The molecule has 1 unspecified atom stereocenters. The van der Waals surface area contributed by atoms with Crippen LogP contribution in [0.2, 0.25) is 5.02 Å². The minimum absolute atomic E-state index is 0.0263. The highest BCUT2D eigenvalue weighted by Crippen LogP contribution is 2.24. The lowest BCUT2D eigenvalue weighted by Gasteiger charge is -2.16. The molecule has 1 aromatic carbocycles. The van der Waals surface area contributed by atoms with Gasteiger partial charge in [0.05, 0.1) is 16.8 Å². The van der Waals surface area contributed by atoms with Crippen molar-refractivity contribution >= 4 is 23.1 Å². The molecule has 1 heterocycles. The first-order valence-corrected chi connectivity index (χ1v) is 5.87. The molecule has 18 heavy (non-hydrogen) atoms. The fourth-order valence-electron chi connectivity index (χ4n) is 1.62. The molecule has 94 valence electrons. The third kappa shape index (κ3) is 2.90. The Kier molecular flexibility index (Phi) is 3.67. The Bertz CT molecular complexity index is 542. The molecule has 5 heteroatoms. The smallest absolute Gasteiger partial charge is 0.149 e. The minimum Gasteiger partial charge on any atom is -0.396 e. The summed E-state index contributed by atoms with van der Waals surface area (Å²) in [5.41, 5.74) is 7.24. The van der Waals surface area contributed by atoms with Crippen LogP contribution in [0.5, 0.6) is 0 Å². The second-order valence-electron chi connectivity index (χ2n) is 4.01. The van der Waals surface area contributed by atoms with Gasteiger partial charge in [0.1, 0.15) is 11.6 Å². The van der Waals surface area contributed by atoms with Crippen LogP contribution in [0.25, 0.3) is 0 Å². The molecule has 2 aromatic rings. The number of hydrogen-bond donors (Lipinski definition) is 2. The van der Waals surface area contributed by atoms with Crippen molar-refractivity contribution in [2.75, 3.05) is 11.1 Å². The average molecular weight is 266 g/mol. The number of benzene rings is 1. The van der Waals surface area contributed by atoms with Gasteiger partial charge in [0.25, 0.3) is 0 Å². The van der Waals surface area contributed by atoms with Gasteiger partial charge < -0.3 is 11.1 Å². The standard InChI is InChI=1S/C13H13ClFN3/c1-8(9-2-4-11(15)5-3-9)18-13-12(16)6-10(14)7-17-13/h2-8H,16H2,1H3,(H,17,18). The molecule has 0 aliphatic rings. The predicted molar refractivity (Wildman–Crippen MR) is 72.1 cm³/mol. The summed E-state index contributed by atoms with van der Waals surface area (Å²) < 4.78 is 12.8. The molecule has 0 amide bonds. The van der Waals surface area contributed by atoms with Gasteiger partial charge in [0, 0.05) is 6.20 Å². The zero-order valence-corrected chi connectivity index (χ0v) is 10.6. The van der Waals surface area contributed by atoms with E-state index in [1.54, 1.807) is 18.2 Å². The quantitative estimate of drug-likeness (QED) is 0.891. The normalized spacial score (nSPS) is 12.2. The Balaban J connectivity index is 2.15. The van der Waals surface area contributed by atoms with Gasteiger partial charge in [-0.3, -0.25) is 0 Å². The fraction of sp³-hybridized carbons (Fsp3) is 0.154. The number of pyridine rings is 1. The van der Waals surface area contributed by atoms with Crippen molar-refractivity contribution in [2.45, 2.75) is 13.0 Å². The average Bonchev–Trinajstić information content (AvgIpc) is 2.33. The maximum atomic E-state index is 12.8. The number of hydrogen-bond acceptors (Lipinski definition) is 3. The van der Waals surface area contributed by atoms with E-state index < -0.39 is 0 Å². The maximum Gasteiger partial charge on any atom is 0.149 e. The highest BCUT2D eigenvalue weighted by molar-refractivity contribution is 6.30. The molecule has 0 bridgehead atoms. The molecule has 0 aliphatic heterocycles. The number of anilines is 2. The largest absolute Gasteiger partial charge is 0.396 e. The lowest BCUT2D eigenvalue weighted by Crippen LogP contribution is -2.09. The van der Waals surface area contributed by atoms with Gasteiger partial charge in [-0.05, 0) is 30.7 Å². The summed E-state index contributed by atoms with van der Waals surface area (Å²) in [7, 11) is 0. The van der Waals surface area contributed by atoms with Crippen LogP contribution in [-0.2, 0) is 0 Å². The number of nitrogen functional groups attached to an aromatic ring is 1. The Morgan fingerprint density at radius 3 is 2.61 bits per heavy atom. The van der Waals surface area contributed by atoms with Gasteiger partial charge in [-0.1, -0.05) is 23.7 Å². The van der Waals surface area contributed by atoms with E-state index in [0.717, 1.165) is 5.56 Å². The molecule has 0 saturated carbocycles.